The van der Waals surface area contributed by atoms with Crippen LogP contribution in [0.15, 0.2) is 81.7 Å². The third-order valence-electron chi connectivity index (χ3n) is 6.20. The van der Waals surface area contributed by atoms with Crippen LogP contribution in [0, 0.1) is 19.3 Å². The normalized spacial score (nSPS) is 12.1. The van der Waals surface area contributed by atoms with E-state index < -0.39 is 18.1 Å². The first-order chi connectivity index (χ1) is 24.0. The molecule has 0 aliphatic rings. The average Bonchev–Trinajstić information content (AvgIpc) is 3.05. The third kappa shape index (κ3) is 17.7. The molecule has 0 radical (unpaired) electrons. The molecule has 0 fully saturated rings. The van der Waals surface area contributed by atoms with E-state index in [-0.39, 0.29) is 23.2 Å². The fourth-order valence-corrected chi connectivity index (χ4v) is 4.39. The number of alkyl carbamates (subject to hydrolysis) is 1. The van der Waals surface area contributed by atoms with Gasteiger partial charge in [-0.1, -0.05) is 54.2 Å². The Kier molecular flexibility index (Phi) is 16.7. The molecule has 3 rings (SSSR count). The molecule has 7 N–H and O–H groups in total. The van der Waals surface area contributed by atoms with Gasteiger partial charge in [0.25, 0.3) is 0 Å². The van der Waals surface area contributed by atoms with E-state index in [1.165, 1.54) is 36.4 Å². The number of nitrogens with two attached hydrogens (primary N) is 2. The minimum Gasteiger partial charge on any atom is -0.444 e. The van der Waals surface area contributed by atoms with Gasteiger partial charge in [-0.05, 0) is 82.0 Å². The largest absolute Gasteiger partial charge is 0.573 e. The number of para-hydroxylation sites is 1. The van der Waals surface area contributed by atoms with Crippen molar-refractivity contribution >= 4 is 58.7 Å². The maximum atomic E-state index is 12.0. The molecule has 0 aliphatic heterocycles. The number of hydrogen-bond acceptors (Lipinski definition) is 8. The summed E-state index contributed by atoms with van der Waals surface area (Å²) in [6, 6.07) is 17.8. The van der Waals surface area contributed by atoms with Gasteiger partial charge >= 0.3 is 12.5 Å². The van der Waals surface area contributed by atoms with Crippen LogP contribution in [-0.2, 0) is 9.53 Å². The van der Waals surface area contributed by atoms with Crippen LogP contribution in [0.2, 0.25) is 0 Å². The molecule has 0 atom stereocenters. The summed E-state index contributed by atoms with van der Waals surface area (Å²) in [4.78, 5) is 35.7. The zero-order chi connectivity index (χ0) is 38.0. The number of aliphatic imine (C=N–C) groups is 3. The van der Waals surface area contributed by atoms with Crippen molar-refractivity contribution in [3.05, 3.63) is 89.0 Å². The summed E-state index contributed by atoms with van der Waals surface area (Å²) in [6.07, 6.45) is -2.15. The van der Waals surface area contributed by atoms with Gasteiger partial charge in [0.05, 0.1) is 17.1 Å². The van der Waals surface area contributed by atoms with Gasteiger partial charge in [0.15, 0.2) is 5.17 Å². The molecule has 0 saturated carbocycles. The number of carbonyl (C=O) groups is 2. The van der Waals surface area contributed by atoms with Crippen molar-refractivity contribution in [3.63, 3.8) is 0 Å². The average molecular weight is 729 g/mol. The number of nitrogens with one attached hydrogen (secondary N) is 3. The van der Waals surface area contributed by atoms with Crippen LogP contribution in [0.4, 0.5) is 29.3 Å². The number of amides is 2. The minimum atomic E-state index is -4.73. The van der Waals surface area contributed by atoms with Crippen molar-refractivity contribution in [1.29, 1.82) is 5.41 Å². The summed E-state index contributed by atoms with van der Waals surface area (Å²) in [7, 11) is 0. The Morgan fingerprint density at radius 2 is 1.53 bits per heavy atom. The Bertz CT molecular complexity index is 1670. The van der Waals surface area contributed by atoms with Crippen LogP contribution >= 0.6 is 11.8 Å². The number of alkyl halides is 3. The lowest BCUT2D eigenvalue weighted by molar-refractivity contribution is -0.274. The first-order valence-electron chi connectivity index (χ1n) is 15.5. The molecule has 274 valence electrons. The molecular weight excluding hydrogens is 685 g/mol. The van der Waals surface area contributed by atoms with Gasteiger partial charge in [0, 0.05) is 24.9 Å². The Balaban J connectivity index is 0.000000355. The monoisotopic (exact) mass is 728 g/mol. The fourth-order valence-electron chi connectivity index (χ4n) is 3.85. The number of ether oxygens (including phenoxy) is 2. The van der Waals surface area contributed by atoms with Crippen LogP contribution in [0.5, 0.6) is 5.75 Å². The molecule has 0 saturated heterocycles. The van der Waals surface area contributed by atoms with E-state index in [1.54, 1.807) is 45.0 Å². The van der Waals surface area contributed by atoms with Crippen LogP contribution < -0.4 is 26.8 Å². The molecule has 51 heavy (non-hydrogen) atoms. The van der Waals surface area contributed by atoms with E-state index in [0.29, 0.717) is 35.9 Å². The Morgan fingerprint density at radius 3 is 2.10 bits per heavy atom. The molecule has 16 heteroatoms. The Hall–Kier alpha value is -5.38. The maximum absolute atomic E-state index is 12.0. The van der Waals surface area contributed by atoms with Crippen LogP contribution in [0.3, 0.4) is 0 Å². The number of carbonyl (C=O) groups excluding carboxylic acids is 2. The number of rotatable bonds is 12. The van der Waals surface area contributed by atoms with Crippen molar-refractivity contribution in [1.82, 2.24) is 10.6 Å². The first kappa shape index (κ1) is 41.8. The molecule has 2 amide bonds. The number of halogens is 3. The number of thioether (sulfide) groups is 1. The number of amidine groups is 2. The summed E-state index contributed by atoms with van der Waals surface area (Å²) in [5.74, 6) is -0.0280. The molecule has 12 nitrogen and oxygen atoms in total. The van der Waals surface area contributed by atoms with E-state index in [9.17, 15) is 22.8 Å². The van der Waals surface area contributed by atoms with Gasteiger partial charge < -0.3 is 37.0 Å². The summed E-state index contributed by atoms with van der Waals surface area (Å²) >= 11 is 1.20. The number of benzene rings is 3. The summed E-state index contributed by atoms with van der Waals surface area (Å²) < 4.78 is 45.0. The van der Waals surface area contributed by atoms with E-state index in [2.05, 4.69) is 30.3 Å². The zero-order valence-electron chi connectivity index (χ0n) is 29.0. The van der Waals surface area contributed by atoms with Gasteiger partial charge in [-0.2, -0.15) is 0 Å². The molecule has 0 bridgehead atoms. The van der Waals surface area contributed by atoms with Gasteiger partial charge in [0.2, 0.25) is 5.91 Å². The second-order valence-corrected chi connectivity index (χ2v) is 12.7. The predicted molar refractivity (Wildman–Crippen MR) is 198 cm³/mol. The lowest BCUT2D eigenvalue weighted by atomic mass is 10.1. The summed E-state index contributed by atoms with van der Waals surface area (Å²) in [5, 5.41) is 12.9. The van der Waals surface area contributed by atoms with Gasteiger partial charge in [0.1, 0.15) is 23.5 Å². The van der Waals surface area contributed by atoms with Crippen LogP contribution in [-0.4, -0.2) is 66.4 Å². The summed E-state index contributed by atoms with van der Waals surface area (Å²) in [6.45, 7) is 10.3. The molecule has 0 aromatic heterocycles. The number of nitrogens with zero attached hydrogens (tertiary/aromatic N) is 3. The topological polar surface area (TPSA) is 190 Å². The highest BCUT2D eigenvalue weighted by molar-refractivity contribution is 8.14. The third-order valence-corrected chi connectivity index (χ3v) is 7.00. The maximum Gasteiger partial charge on any atom is 0.573 e. The highest BCUT2D eigenvalue weighted by Crippen LogP contribution is 2.25. The molecule has 0 aliphatic carbocycles. The molecule has 3 aromatic carbocycles. The summed E-state index contributed by atoms with van der Waals surface area (Å²) in [5.41, 5.74) is 15.9. The fraction of sp³-hybridized carbons (Fsp3) is 0.314. The Labute approximate surface area is 299 Å². The standard InChI is InChI=1S/C19H30N4O3S.C16H13F3N4O/c1-13-8-6-9-14(2)16(13)23-17(20)27-12-15(24)21-10-7-11-22-18(25)26-19(3,4)5;17-16(18,19)24-14-7-5-13(6-8-14)22-10-23-15(21)12-3-1-11(9-20)2-4-12/h6,8-9H,7,10-12H2,1-5H3,(H2,20,23)(H,21,24)(H,22,25);1-10,20H,(H2,21,22,23). The smallest absolute Gasteiger partial charge is 0.444 e. The zero-order valence-corrected chi connectivity index (χ0v) is 29.8. The van der Waals surface area contributed by atoms with Crippen LogP contribution in [0.25, 0.3) is 0 Å². The SMILES string of the molecule is Cc1cccc(C)c1N=C(N)SCC(=O)NCCCNC(=O)OC(C)(C)C.N=Cc1ccc(C(N)=NC=Nc2ccc(OC(F)(F)F)cc2)cc1. The molecule has 0 spiro atoms. The van der Waals surface area contributed by atoms with E-state index in [0.717, 1.165) is 34.5 Å². The predicted octanol–water partition coefficient (Wildman–Crippen LogP) is 6.66. The lowest BCUT2D eigenvalue weighted by Gasteiger charge is -2.19. The highest BCUT2D eigenvalue weighted by atomic mass is 32.2. The minimum absolute atomic E-state index is 0.128. The van der Waals surface area contributed by atoms with Gasteiger partial charge in [-0.3, -0.25) is 4.79 Å². The van der Waals surface area contributed by atoms with Crippen molar-refractivity contribution in [3.8, 4) is 5.75 Å². The van der Waals surface area contributed by atoms with Gasteiger partial charge in [-0.25, -0.2) is 19.8 Å². The second-order valence-electron chi connectivity index (χ2n) is 11.7. The van der Waals surface area contributed by atoms with E-state index in [1.807, 2.05) is 32.0 Å². The van der Waals surface area contributed by atoms with Crippen molar-refractivity contribution in [2.75, 3.05) is 18.8 Å². The Morgan fingerprint density at radius 1 is 0.922 bits per heavy atom. The molecule has 0 heterocycles. The molecule has 3 aromatic rings. The number of hydrogen-bond donors (Lipinski definition) is 5. The van der Waals surface area contributed by atoms with Crippen molar-refractivity contribution < 1.29 is 32.2 Å². The quantitative estimate of drug-likeness (QED) is 0.0783. The van der Waals surface area contributed by atoms with Gasteiger partial charge in [-0.15, -0.1) is 13.2 Å². The molecular formula is C35H43F3N8O4S. The van der Waals surface area contributed by atoms with Crippen molar-refractivity contribution in [2.45, 2.75) is 53.0 Å². The van der Waals surface area contributed by atoms with E-state index in [4.69, 9.17) is 21.6 Å². The molecule has 0 unspecified atom stereocenters. The number of aryl methyl sites for hydroxylation is 2. The van der Waals surface area contributed by atoms with Crippen LogP contribution in [0.1, 0.15) is 49.4 Å². The van der Waals surface area contributed by atoms with E-state index >= 15 is 0 Å². The van der Waals surface area contributed by atoms with Crippen molar-refractivity contribution in [2.24, 2.45) is 26.4 Å². The first-order valence-corrected chi connectivity index (χ1v) is 16.5. The lowest BCUT2D eigenvalue weighted by Crippen LogP contribution is -2.34. The highest BCUT2D eigenvalue weighted by Gasteiger charge is 2.30. The second kappa shape index (κ2) is 20.3.